The van der Waals surface area contributed by atoms with Crippen LogP contribution < -0.4 is 11.1 Å². The number of aromatic nitrogens is 5. The summed E-state index contributed by atoms with van der Waals surface area (Å²) in [5.41, 5.74) is 5.75. The van der Waals surface area contributed by atoms with Crippen molar-refractivity contribution in [2.75, 3.05) is 23.9 Å². The SMILES string of the molecule is CCC(CC)(CNc1nc(N)nc(-n2cccn2)n1)SC. The molecule has 0 aliphatic heterocycles. The first kappa shape index (κ1) is 15.6. The first-order valence-electron chi connectivity index (χ1n) is 6.93. The van der Waals surface area contributed by atoms with Crippen LogP contribution in [-0.2, 0) is 0 Å². The highest BCUT2D eigenvalue weighted by Gasteiger charge is 2.25. The van der Waals surface area contributed by atoms with Gasteiger partial charge in [0, 0.05) is 23.7 Å². The number of hydrogen-bond acceptors (Lipinski definition) is 7. The monoisotopic (exact) mass is 307 g/mol. The third-order valence-electron chi connectivity index (χ3n) is 3.64. The number of nitrogens with one attached hydrogen (secondary N) is 1. The zero-order valence-electron chi connectivity index (χ0n) is 12.6. The predicted molar refractivity (Wildman–Crippen MR) is 86.7 cm³/mol. The van der Waals surface area contributed by atoms with Gasteiger partial charge < -0.3 is 11.1 Å². The third kappa shape index (κ3) is 3.63. The van der Waals surface area contributed by atoms with E-state index >= 15 is 0 Å². The number of nitrogens with two attached hydrogens (primary N) is 1. The molecule has 2 rings (SSSR count). The molecule has 2 heterocycles. The summed E-state index contributed by atoms with van der Waals surface area (Å²) >= 11 is 1.86. The molecule has 0 bridgehead atoms. The lowest BCUT2D eigenvalue weighted by Gasteiger charge is -2.29. The summed E-state index contributed by atoms with van der Waals surface area (Å²) in [6.45, 7) is 5.17. The van der Waals surface area contributed by atoms with E-state index < -0.39 is 0 Å². The predicted octanol–water partition coefficient (Wildman–Crippen LogP) is 1.97. The standard InChI is InChI=1S/C13H21N7S/c1-4-13(5-2,21-3)9-15-11-17-10(14)18-12(19-11)20-8-6-7-16-20/h6-8H,4-5,9H2,1-3H3,(H3,14,15,17,18,19). The summed E-state index contributed by atoms with van der Waals surface area (Å²) in [6.07, 6.45) is 7.71. The van der Waals surface area contributed by atoms with Crippen LogP contribution in [-0.4, -0.2) is 42.3 Å². The third-order valence-corrected chi connectivity index (χ3v) is 5.23. The van der Waals surface area contributed by atoms with E-state index in [-0.39, 0.29) is 10.7 Å². The molecule has 2 aromatic rings. The molecule has 0 spiro atoms. The Labute approximate surface area is 128 Å². The normalized spacial score (nSPS) is 11.6. The number of nitrogen functional groups attached to an aromatic ring is 1. The fourth-order valence-electron chi connectivity index (χ4n) is 2.05. The van der Waals surface area contributed by atoms with Gasteiger partial charge in [0.05, 0.1) is 0 Å². The molecular formula is C13H21N7S. The van der Waals surface area contributed by atoms with Crippen LogP contribution in [0, 0.1) is 0 Å². The van der Waals surface area contributed by atoms with Crippen LogP contribution in [0.15, 0.2) is 18.5 Å². The molecule has 21 heavy (non-hydrogen) atoms. The van der Waals surface area contributed by atoms with Crippen molar-refractivity contribution >= 4 is 23.7 Å². The Bertz CT molecular complexity index is 558. The summed E-state index contributed by atoms with van der Waals surface area (Å²) in [5.74, 6) is 1.08. The van der Waals surface area contributed by atoms with Crippen molar-refractivity contribution in [3.05, 3.63) is 18.5 Å². The molecule has 0 atom stereocenters. The van der Waals surface area contributed by atoms with Gasteiger partial charge in [0.15, 0.2) is 0 Å². The lowest BCUT2D eigenvalue weighted by molar-refractivity contribution is 0.572. The van der Waals surface area contributed by atoms with Crippen molar-refractivity contribution in [2.45, 2.75) is 31.4 Å². The highest BCUT2D eigenvalue weighted by atomic mass is 32.2. The van der Waals surface area contributed by atoms with Gasteiger partial charge in [0.25, 0.3) is 5.95 Å². The molecule has 0 amide bonds. The minimum absolute atomic E-state index is 0.174. The maximum absolute atomic E-state index is 5.75. The van der Waals surface area contributed by atoms with Crippen LogP contribution in [0.5, 0.6) is 0 Å². The molecule has 3 N–H and O–H groups in total. The topological polar surface area (TPSA) is 94.5 Å². The van der Waals surface area contributed by atoms with Crippen molar-refractivity contribution in [1.82, 2.24) is 24.7 Å². The Balaban J connectivity index is 2.17. The average molecular weight is 307 g/mol. The van der Waals surface area contributed by atoms with Crippen molar-refractivity contribution in [1.29, 1.82) is 0 Å². The van der Waals surface area contributed by atoms with Gasteiger partial charge in [-0.1, -0.05) is 13.8 Å². The van der Waals surface area contributed by atoms with Crippen LogP contribution >= 0.6 is 11.8 Å². The molecule has 0 unspecified atom stereocenters. The Morgan fingerprint density at radius 3 is 2.62 bits per heavy atom. The molecule has 0 aliphatic rings. The second-order valence-electron chi connectivity index (χ2n) is 4.72. The zero-order valence-corrected chi connectivity index (χ0v) is 13.4. The maximum Gasteiger partial charge on any atom is 0.257 e. The number of thioether (sulfide) groups is 1. The maximum atomic E-state index is 5.75. The molecule has 0 saturated carbocycles. The van der Waals surface area contributed by atoms with Gasteiger partial charge in [0.1, 0.15) is 0 Å². The van der Waals surface area contributed by atoms with Gasteiger partial charge >= 0.3 is 0 Å². The van der Waals surface area contributed by atoms with E-state index in [1.54, 1.807) is 23.1 Å². The van der Waals surface area contributed by atoms with Gasteiger partial charge in [-0.25, -0.2) is 4.68 Å². The van der Waals surface area contributed by atoms with E-state index in [0.717, 1.165) is 19.4 Å². The zero-order chi connectivity index (χ0) is 15.3. The lowest BCUT2D eigenvalue weighted by Crippen LogP contribution is -2.32. The first-order valence-corrected chi connectivity index (χ1v) is 8.15. The van der Waals surface area contributed by atoms with Gasteiger partial charge in [-0.15, -0.1) is 0 Å². The van der Waals surface area contributed by atoms with Gasteiger partial charge in [-0.05, 0) is 25.2 Å². The summed E-state index contributed by atoms with van der Waals surface area (Å²) in [4.78, 5) is 12.6. The summed E-state index contributed by atoms with van der Waals surface area (Å²) < 4.78 is 1.73. The van der Waals surface area contributed by atoms with E-state index in [9.17, 15) is 0 Å². The van der Waals surface area contributed by atoms with Crippen LogP contribution in [0.2, 0.25) is 0 Å². The van der Waals surface area contributed by atoms with Crippen LogP contribution in [0.1, 0.15) is 26.7 Å². The number of anilines is 2. The lowest BCUT2D eigenvalue weighted by atomic mass is 10.0. The van der Waals surface area contributed by atoms with E-state index in [0.29, 0.717) is 11.9 Å². The summed E-state index contributed by atoms with van der Waals surface area (Å²) in [5, 5.41) is 7.38. The highest BCUT2D eigenvalue weighted by Crippen LogP contribution is 2.30. The van der Waals surface area contributed by atoms with E-state index in [2.05, 4.69) is 45.5 Å². The van der Waals surface area contributed by atoms with Crippen LogP contribution in [0.25, 0.3) is 5.95 Å². The van der Waals surface area contributed by atoms with Crippen molar-refractivity contribution in [3.63, 3.8) is 0 Å². The fraction of sp³-hybridized carbons (Fsp3) is 0.538. The minimum Gasteiger partial charge on any atom is -0.368 e. The number of nitrogens with zero attached hydrogens (tertiary/aromatic N) is 5. The molecule has 8 heteroatoms. The Kier molecular flexibility index (Phi) is 5.00. The molecule has 0 fully saturated rings. The second-order valence-corrected chi connectivity index (χ2v) is 5.99. The molecule has 0 aromatic carbocycles. The van der Waals surface area contributed by atoms with Crippen molar-refractivity contribution < 1.29 is 0 Å². The van der Waals surface area contributed by atoms with Crippen molar-refractivity contribution in [2.24, 2.45) is 0 Å². The van der Waals surface area contributed by atoms with Gasteiger partial charge in [-0.3, -0.25) is 0 Å². The molecule has 114 valence electrons. The molecule has 0 radical (unpaired) electrons. The molecular weight excluding hydrogens is 286 g/mol. The Morgan fingerprint density at radius 2 is 2.05 bits per heavy atom. The average Bonchev–Trinajstić information content (AvgIpc) is 3.03. The van der Waals surface area contributed by atoms with Crippen molar-refractivity contribution in [3.8, 4) is 5.95 Å². The first-order chi connectivity index (χ1) is 10.1. The smallest absolute Gasteiger partial charge is 0.257 e. The van der Waals surface area contributed by atoms with E-state index in [1.807, 2.05) is 11.8 Å². The van der Waals surface area contributed by atoms with Gasteiger partial charge in [-0.2, -0.15) is 31.8 Å². The summed E-state index contributed by atoms with van der Waals surface area (Å²) in [6, 6.07) is 1.81. The Hall–Kier alpha value is -1.83. The second kappa shape index (κ2) is 6.75. The highest BCUT2D eigenvalue weighted by molar-refractivity contribution is 8.00. The van der Waals surface area contributed by atoms with E-state index in [4.69, 9.17) is 5.73 Å². The number of hydrogen-bond donors (Lipinski definition) is 2. The quantitative estimate of drug-likeness (QED) is 0.807. The molecule has 0 saturated heterocycles. The fourth-order valence-corrected chi connectivity index (χ4v) is 2.84. The minimum atomic E-state index is 0.174. The molecule has 0 aliphatic carbocycles. The largest absolute Gasteiger partial charge is 0.368 e. The van der Waals surface area contributed by atoms with Crippen LogP contribution in [0.4, 0.5) is 11.9 Å². The van der Waals surface area contributed by atoms with Crippen LogP contribution in [0.3, 0.4) is 0 Å². The molecule has 2 aromatic heterocycles. The van der Waals surface area contributed by atoms with Gasteiger partial charge in [0.2, 0.25) is 11.9 Å². The summed E-state index contributed by atoms with van der Waals surface area (Å²) in [7, 11) is 0. The molecule has 7 nitrogen and oxygen atoms in total. The Morgan fingerprint density at radius 1 is 1.29 bits per heavy atom. The number of rotatable bonds is 7. The van der Waals surface area contributed by atoms with E-state index in [1.165, 1.54) is 0 Å².